The zero-order valence-electron chi connectivity index (χ0n) is 12.9. The molecule has 1 N–H and O–H groups in total. The number of nitrogens with zero attached hydrogens (tertiary/aromatic N) is 6. The van der Waals surface area contributed by atoms with E-state index in [1.807, 2.05) is 12.1 Å². The molecule has 1 heterocycles. The maximum atomic E-state index is 12.9. The predicted octanol–water partition coefficient (Wildman–Crippen LogP) is 1.99. The summed E-state index contributed by atoms with van der Waals surface area (Å²) in [4.78, 5) is 19.7. The molecule has 0 spiro atoms. The lowest BCUT2D eigenvalue weighted by Gasteiger charge is -2.17. The first kappa shape index (κ1) is 17.6. The van der Waals surface area contributed by atoms with Crippen LogP contribution in [0.1, 0.15) is 5.56 Å². The number of rotatable bonds is 7. The van der Waals surface area contributed by atoms with E-state index in [1.165, 1.54) is 29.2 Å². The molecule has 0 atom stereocenters. The van der Waals surface area contributed by atoms with Crippen LogP contribution < -0.4 is 10.2 Å². The quantitative estimate of drug-likeness (QED) is 0.459. The first-order valence-corrected chi connectivity index (χ1v) is 7.03. The fourth-order valence-electron chi connectivity index (χ4n) is 2.06. The van der Waals surface area contributed by atoms with Crippen molar-refractivity contribution in [3.8, 4) is 12.1 Å². The summed E-state index contributed by atoms with van der Waals surface area (Å²) in [7, 11) is 0. The van der Waals surface area contributed by atoms with Crippen LogP contribution in [0.4, 0.5) is 21.7 Å². The standard InChI is InChI=1S/C15H12FN7O2/c16-12-3-1-11(2-4-12)9-19-14-13(23(24)25)15(21-10-20-14)22(7-5-17)8-6-18/h1-4,10H,7-9H2,(H,19,20,21). The van der Waals surface area contributed by atoms with Gasteiger partial charge in [0, 0.05) is 6.54 Å². The number of nitriles is 2. The van der Waals surface area contributed by atoms with Crippen molar-refractivity contribution in [1.29, 1.82) is 10.5 Å². The van der Waals surface area contributed by atoms with Crippen LogP contribution in [0.5, 0.6) is 0 Å². The number of benzene rings is 1. The van der Waals surface area contributed by atoms with Gasteiger partial charge >= 0.3 is 5.69 Å². The Morgan fingerprint density at radius 3 is 2.40 bits per heavy atom. The Morgan fingerprint density at radius 2 is 1.84 bits per heavy atom. The van der Waals surface area contributed by atoms with E-state index in [2.05, 4.69) is 15.3 Å². The van der Waals surface area contributed by atoms with E-state index in [-0.39, 0.29) is 37.1 Å². The Labute approximate surface area is 142 Å². The molecule has 2 aromatic rings. The number of hydrogen-bond acceptors (Lipinski definition) is 8. The highest BCUT2D eigenvalue weighted by Crippen LogP contribution is 2.31. The van der Waals surface area contributed by atoms with Gasteiger partial charge < -0.3 is 10.2 Å². The topological polar surface area (TPSA) is 132 Å². The maximum Gasteiger partial charge on any atom is 0.353 e. The third-order valence-corrected chi connectivity index (χ3v) is 3.18. The minimum absolute atomic E-state index is 0.0554. The lowest BCUT2D eigenvalue weighted by molar-refractivity contribution is -0.383. The van der Waals surface area contributed by atoms with Crippen molar-refractivity contribution < 1.29 is 9.31 Å². The number of nitro groups is 1. The third kappa shape index (κ3) is 4.36. The number of anilines is 2. The molecule has 1 aromatic heterocycles. The van der Waals surface area contributed by atoms with Crippen LogP contribution in [0.15, 0.2) is 30.6 Å². The SMILES string of the molecule is N#CCN(CC#N)c1ncnc(NCc2ccc(F)cc2)c1[N+](=O)[O-]. The van der Waals surface area contributed by atoms with E-state index < -0.39 is 10.6 Å². The Balaban J connectivity index is 2.33. The molecular formula is C15H12FN7O2. The van der Waals surface area contributed by atoms with Gasteiger partial charge in [-0.15, -0.1) is 0 Å². The first-order chi connectivity index (χ1) is 12.1. The average Bonchev–Trinajstić information content (AvgIpc) is 2.60. The number of nitrogens with one attached hydrogen (secondary N) is 1. The van der Waals surface area contributed by atoms with Gasteiger partial charge in [-0.3, -0.25) is 10.1 Å². The van der Waals surface area contributed by atoms with Gasteiger partial charge in [-0.2, -0.15) is 10.5 Å². The lowest BCUT2D eigenvalue weighted by atomic mass is 10.2. The number of aromatic nitrogens is 2. The highest BCUT2D eigenvalue weighted by molar-refractivity contribution is 5.70. The van der Waals surface area contributed by atoms with Crippen LogP contribution in [0, 0.1) is 38.6 Å². The predicted molar refractivity (Wildman–Crippen MR) is 85.9 cm³/mol. The average molecular weight is 341 g/mol. The molecule has 9 nitrogen and oxygen atoms in total. The second kappa shape index (κ2) is 8.17. The molecule has 25 heavy (non-hydrogen) atoms. The van der Waals surface area contributed by atoms with Crippen LogP contribution >= 0.6 is 0 Å². The Hall–Kier alpha value is -3.79. The fraction of sp³-hybridized carbons (Fsp3) is 0.200. The molecule has 0 aliphatic heterocycles. The highest BCUT2D eigenvalue weighted by atomic mass is 19.1. The zero-order chi connectivity index (χ0) is 18.2. The molecule has 0 saturated carbocycles. The van der Waals surface area contributed by atoms with Gasteiger partial charge in [0.25, 0.3) is 0 Å². The summed E-state index contributed by atoms with van der Waals surface area (Å²) in [6.45, 7) is -0.292. The van der Waals surface area contributed by atoms with Crippen molar-refractivity contribution in [3.05, 3.63) is 52.1 Å². The van der Waals surface area contributed by atoms with Gasteiger partial charge in [0.15, 0.2) is 0 Å². The van der Waals surface area contributed by atoms with Crippen LogP contribution in [-0.4, -0.2) is 28.0 Å². The van der Waals surface area contributed by atoms with Gasteiger partial charge in [0.2, 0.25) is 11.6 Å². The second-order valence-corrected chi connectivity index (χ2v) is 4.80. The van der Waals surface area contributed by atoms with Crippen molar-refractivity contribution >= 4 is 17.3 Å². The molecule has 1 aromatic carbocycles. The summed E-state index contributed by atoms with van der Waals surface area (Å²) in [6, 6.07) is 9.30. The number of hydrogen-bond donors (Lipinski definition) is 1. The summed E-state index contributed by atoms with van der Waals surface area (Å²) >= 11 is 0. The van der Waals surface area contributed by atoms with Crippen LogP contribution in [0.25, 0.3) is 0 Å². The van der Waals surface area contributed by atoms with Gasteiger partial charge in [0.1, 0.15) is 25.2 Å². The molecule has 0 aliphatic carbocycles. The Kier molecular flexibility index (Phi) is 5.74. The van der Waals surface area contributed by atoms with Crippen LogP contribution in [-0.2, 0) is 6.54 Å². The minimum Gasteiger partial charge on any atom is -0.360 e. The van der Waals surface area contributed by atoms with Crippen molar-refractivity contribution in [3.63, 3.8) is 0 Å². The molecular weight excluding hydrogens is 329 g/mol. The fourth-order valence-corrected chi connectivity index (χ4v) is 2.06. The monoisotopic (exact) mass is 341 g/mol. The largest absolute Gasteiger partial charge is 0.360 e. The van der Waals surface area contributed by atoms with Gasteiger partial charge in [-0.25, -0.2) is 14.4 Å². The van der Waals surface area contributed by atoms with Crippen molar-refractivity contribution in [2.45, 2.75) is 6.54 Å². The summed E-state index contributed by atoms with van der Waals surface area (Å²) in [5.41, 5.74) is 0.261. The number of halogens is 1. The van der Waals surface area contributed by atoms with Crippen molar-refractivity contribution in [1.82, 2.24) is 9.97 Å². The molecule has 0 saturated heterocycles. The first-order valence-electron chi connectivity index (χ1n) is 7.03. The van der Waals surface area contributed by atoms with Crippen LogP contribution in [0.2, 0.25) is 0 Å². The molecule has 0 aliphatic rings. The van der Waals surface area contributed by atoms with Gasteiger partial charge in [-0.1, -0.05) is 12.1 Å². The van der Waals surface area contributed by atoms with Gasteiger partial charge in [-0.05, 0) is 17.7 Å². The molecule has 10 heteroatoms. The van der Waals surface area contributed by atoms with Crippen molar-refractivity contribution in [2.75, 3.05) is 23.3 Å². The smallest absolute Gasteiger partial charge is 0.353 e. The summed E-state index contributed by atoms with van der Waals surface area (Å²) in [5.74, 6) is -0.562. The molecule has 2 rings (SSSR count). The highest BCUT2D eigenvalue weighted by Gasteiger charge is 2.26. The van der Waals surface area contributed by atoms with E-state index in [4.69, 9.17) is 10.5 Å². The molecule has 0 fully saturated rings. The summed E-state index contributed by atoms with van der Waals surface area (Å²) in [5, 5.41) is 31.9. The normalized spacial score (nSPS) is 9.72. The van der Waals surface area contributed by atoms with E-state index >= 15 is 0 Å². The summed E-state index contributed by atoms with van der Waals surface area (Å²) < 4.78 is 12.9. The van der Waals surface area contributed by atoms with Crippen LogP contribution in [0.3, 0.4) is 0 Å². The molecule has 0 unspecified atom stereocenters. The summed E-state index contributed by atoms with van der Waals surface area (Å²) in [6.07, 6.45) is 1.11. The molecule has 0 radical (unpaired) electrons. The lowest BCUT2D eigenvalue weighted by Crippen LogP contribution is -2.26. The Morgan fingerprint density at radius 1 is 1.20 bits per heavy atom. The van der Waals surface area contributed by atoms with E-state index in [1.54, 1.807) is 0 Å². The van der Waals surface area contributed by atoms with E-state index in [9.17, 15) is 14.5 Å². The van der Waals surface area contributed by atoms with E-state index in [0.717, 1.165) is 6.33 Å². The molecule has 0 bridgehead atoms. The maximum absolute atomic E-state index is 12.9. The molecule has 0 amide bonds. The zero-order valence-corrected chi connectivity index (χ0v) is 12.9. The van der Waals surface area contributed by atoms with Gasteiger partial charge in [0.05, 0.1) is 17.1 Å². The minimum atomic E-state index is -0.677. The molecule has 126 valence electrons. The van der Waals surface area contributed by atoms with Crippen molar-refractivity contribution in [2.24, 2.45) is 0 Å². The second-order valence-electron chi connectivity index (χ2n) is 4.80. The Bertz CT molecular complexity index is 826. The third-order valence-electron chi connectivity index (χ3n) is 3.18. The van der Waals surface area contributed by atoms with E-state index in [0.29, 0.717) is 5.56 Å².